The maximum absolute atomic E-state index is 11.9. The molecule has 16 heavy (non-hydrogen) atoms. The minimum absolute atomic E-state index is 0.148. The van der Waals surface area contributed by atoms with E-state index in [1.54, 1.807) is 0 Å². The Kier molecular flexibility index (Phi) is 4.28. The van der Waals surface area contributed by atoms with Crippen LogP contribution in [-0.4, -0.2) is 46.9 Å². The predicted molar refractivity (Wildman–Crippen MR) is 55.7 cm³/mol. The van der Waals surface area contributed by atoms with E-state index in [1.807, 2.05) is 6.92 Å². The van der Waals surface area contributed by atoms with Gasteiger partial charge in [0.25, 0.3) is 0 Å². The van der Waals surface area contributed by atoms with E-state index in [-0.39, 0.29) is 18.4 Å². The van der Waals surface area contributed by atoms with Crippen molar-refractivity contribution < 1.29 is 19.5 Å². The van der Waals surface area contributed by atoms with Crippen LogP contribution in [0.3, 0.4) is 0 Å². The van der Waals surface area contributed by atoms with Crippen LogP contribution in [0.25, 0.3) is 0 Å². The lowest BCUT2D eigenvalue weighted by atomic mass is 10.2. The first-order chi connectivity index (χ1) is 7.54. The number of carbonyl (C=O) groups excluding carboxylic acids is 2. The number of carbonyl (C=O) groups is 3. The number of rotatable bonds is 5. The molecule has 1 fully saturated rings. The first-order valence-electron chi connectivity index (χ1n) is 5.34. The number of carboxylic acid groups (broad SMARTS) is 1. The zero-order chi connectivity index (χ0) is 12.1. The van der Waals surface area contributed by atoms with Crippen LogP contribution in [-0.2, 0) is 14.4 Å². The first-order valence-corrected chi connectivity index (χ1v) is 5.34. The van der Waals surface area contributed by atoms with E-state index in [4.69, 9.17) is 5.11 Å². The molecule has 1 aliphatic heterocycles. The minimum Gasteiger partial charge on any atom is -0.480 e. The summed E-state index contributed by atoms with van der Waals surface area (Å²) in [6.45, 7) is 1.96. The van der Waals surface area contributed by atoms with Gasteiger partial charge >= 0.3 is 5.97 Å². The van der Waals surface area contributed by atoms with Gasteiger partial charge in [0, 0.05) is 13.0 Å². The van der Waals surface area contributed by atoms with Crippen LogP contribution in [0.4, 0.5) is 0 Å². The molecule has 2 amide bonds. The Bertz CT molecular complexity index is 303. The molecule has 0 aromatic rings. The van der Waals surface area contributed by atoms with Crippen molar-refractivity contribution in [2.45, 2.75) is 32.2 Å². The summed E-state index contributed by atoms with van der Waals surface area (Å²) in [5, 5.41) is 11.2. The van der Waals surface area contributed by atoms with E-state index in [2.05, 4.69) is 5.32 Å². The summed E-state index contributed by atoms with van der Waals surface area (Å²) in [6, 6.07) is -0.543. The SMILES string of the molecule is CCCN(CC(=O)O)C(=O)[C@H]1CCC(=O)N1. The molecule has 0 aliphatic carbocycles. The van der Waals surface area contributed by atoms with Gasteiger partial charge in [-0.05, 0) is 12.8 Å². The molecule has 1 atom stereocenters. The van der Waals surface area contributed by atoms with Gasteiger partial charge in [0.1, 0.15) is 12.6 Å². The smallest absolute Gasteiger partial charge is 0.323 e. The van der Waals surface area contributed by atoms with Crippen LogP contribution in [0.2, 0.25) is 0 Å². The van der Waals surface area contributed by atoms with Crippen molar-refractivity contribution in [1.82, 2.24) is 10.2 Å². The van der Waals surface area contributed by atoms with Gasteiger partial charge in [-0.25, -0.2) is 0 Å². The molecule has 0 radical (unpaired) electrons. The third-order valence-electron chi connectivity index (χ3n) is 2.42. The number of aliphatic carboxylic acids is 1. The monoisotopic (exact) mass is 228 g/mol. The van der Waals surface area contributed by atoms with Gasteiger partial charge in [0.2, 0.25) is 11.8 Å². The average Bonchev–Trinajstić information content (AvgIpc) is 2.62. The van der Waals surface area contributed by atoms with Crippen molar-refractivity contribution in [2.24, 2.45) is 0 Å². The molecule has 90 valence electrons. The first kappa shape index (κ1) is 12.5. The molecular formula is C10H16N2O4. The van der Waals surface area contributed by atoms with Crippen LogP contribution >= 0.6 is 0 Å². The van der Waals surface area contributed by atoms with Gasteiger partial charge in [0.05, 0.1) is 0 Å². The Hall–Kier alpha value is -1.59. The van der Waals surface area contributed by atoms with Crippen molar-refractivity contribution in [1.29, 1.82) is 0 Å². The standard InChI is InChI=1S/C10H16N2O4/c1-2-5-12(6-9(14)15)10(16)7-3-4-8(13)11-7/h7H,2-6H2,1H3,(H,11,13)(H,14,15)/t7-/m1/s1. The highest BCUT2D eigenvalue weighted by molar-refractivity contribution is 5.92. The number of nitrogens with one attached hydrogen (secondary N) is 1. The molecule has 0 spiro atoms. The van der Waals surface area contributed by atoms with E-state index in [9.17, 15) is 14.4 Å². The van der Waals surface area contributed by atoms with Gasteiger partial charge in [0.15, 0.2) is 0 Å². The lowest BCUT2D eigenvalue weighted by molar-refractivity contribution is -0.145. The van der Waals surface area contributed by atoms with E-state index in [1.165, 1.54) is 4.90 Å². The Morgan fingerprint density at radius 3 is 2.69 bits per heavy atom. The van der Waals surface area contributed by atoms with Gasteiger partial charge in [-0.15, -0.1) is 0 Å². The minimum atomic E-state index is -1.04. The van der Waals surface area contributed by atoms with E-state index < -0.39 is 12.0 Å². The number of amides is 2. The molecule has 0 saturated carbocycles. The van der Waals surface area contributed by atoms with Crippen molar-refractivity contribution >= 4 is 17.8 Å². The number of hydrogen-bond donors (Lipinski definition) is 2. The molecular weight excluding hydrogens is 212 g/mol. The van der Waals surface area contributed by atoms with Crippen molar-refractivity contribution in [3.63, 3.8) is 0 Å². The second-order valence-corrected chi connectivity index (χ2v) is 3.81. The molecule has 1 aliphatic rings. The number of nitrogens with zero attached hydrogens (tertiary/aromatic N) is 1. The van der Waals surface area contributed by atoms with E-state index in [0.29, 0.717) is 25.8 Å². The zero-order valence-electron chi connectivity index (χ0n) is 9.23. The van der Waals surface area contributed by atoms with Crippen molar-refractivity contribution in [3.8, 4) is 0 Å². The van der Waals surface area contributed by atoms with Crippen LogP contribution in [0, 0.1) is 0 Å². The Balaban J connectivity index is 2.59. The van der Waals surface area contributed by atoms with Crippen LogP contribution in [0.15, 0.2) is 0 Å². The Labute approximate surface area is 93.6 Å². The Morgan fingerprint density at radius 1 is 1.56 bits per heavy atom. The molecule has 1 saturated heterocycles. The van der Waals surface area contributed by atoms with Gasteiger partial charge < -0.3 is 15.3 Å². The fraction of sp³-hybridized carbons (Fsp3) is 0.700. The predicted octanol–water partition coefficient (Wildman–Crippen LogP) is -0.412. The van der Waals surface area contributed by atoms with Gasteiger partial charge in [-0.3, -0.25) is 14.4 Å². The highest BCUT2D eigenvalue weighted by Gasteiger charge is 2.31. The molecule has 0 aromatic heterocycles. The zero-order valence-corrected chi connectivity index (χ0v) is 9.23. The molecule has 6 nitrogen and oxygen atoms in total. The summed E-state index contributed by atoms with van der Waals surface area (Å²) < 4.78 is 0. The molecule has 6 heteroatoms. The van der Waals surface area contributed by atoms with E-state index in [0.717, 1.165) is 0 Å². The quantitative estimate of drug-likeness (QED) is 0.669. The number of hydrogen-bond acceptors (Lipinski definition) is 3. The summed E-state index contributed by atoms with van der Waals surface area (Å²) in [7, 11) is 0. The highest BCUT2D eigenvalue weighted by atomic mass is 16.4. The van der Waals surface area contributed by atoms with Crippen LogP contribution in [0.5, 0.6) is 0 Å². The lowest BCUT2D eigenvalue weighted by Crippen LogP contribution is -2.46. The highest BCUT2D eigenvalue weighted by Crippen LogP contribution is 2.10. The summed E-state index contributed by atoms with van der Waals surface area (Å²) in [5.74, 6) is -1.48. The third-order valence-corrected chi connectivity index (χ3v) is 2.42. The second-order valence-electron chi connectivity index (χ2n) is 3.81. The summed E-state index contributed by atoms with van der Waals surface area (Å²) in [6.07, 6.45) is 1.49. The maximum Gasteiger partial charge on any atom is 0.323 e. The fourth-order valence-electron chi connectivity index (χ4n) is 1.72. The van der Waals surface area contributed by atoms with Gasteiger partial charge in [-0.1, -0.05) is 6.92 Å². The van der Waals surface area contributed by atoms with Crippen molar-refractivity contribution in [2.75, 3.05) is 13.1 Å². The van der Waals surface area contributed by atoms with Crippen LogP contribution in [0.1, 0.15) is 26.2 Å². The largest absolute Gasteiger partial charge is 0.480 e. The molecule has 0 unspecified atom stereocenters. The fourth-order valence-corrected chi connectivity index (χ4v) is 1.72. The van der Waals surface area contributed by atoms with Crippen LogP contribution < -0.4 is 5.32 Å². The topological polar surface area (TPSA) is 86.7 Å². The maximum atomic E-state index is 11.9. The normalized spacial score (nSPS) is 19.3. The number of carboxylic acids is 1. The summed E-state index contributed by atoms with van der Waals surface area (Å²) in [4.78, 5) is 34.7. The molecule has 0 aromatic carbocycles. The average molecular weight is 228 g/mol. The molecule has 1 heterocycles. The summed E-state index contributed by atoms with van der Waals surface area (Å²) >= 11 is 0. The summed E-state index contributed by atoms with van der Waals surface area (Å²) in [5.41, 5.74) is 0. The molecule has 1 rings (SSSR count). The Morgan fingerprint density at radius 2 is 2.25 bits per heavy atom. The molecule has 0 bridgehead atoms. The van der Waals surface area contributed by atoms with Gasteiger partial charge in [-0.2, -0.15) is 0 Å². The lowest BCUT2D eigenvalue weighted by Gasteiger charge is -2.23. The van der Waals surface area contributed by atoms with Crippen molar-refractivity contribution in [3.05, 3.63) is 0 Å². The third kappa shape index (κ3) is 3.22. The second kappa shape index (κ2) is 5.48. The molecule has 2 N–H and O–H groups in total. The van der Waals surface area contributed by atoms with E-state index >= 15 is 0 Å².